The van der Waals surface area contributed by atoms with E-state index in [1.807, 2.05) is 20.0 Å². The van der Waals surface area contributed by atoms with Crippen molar-refractivity contribution in [3.05, 3.63) is 46.7 Å². The molecule has 0 amide bonds. The summed E-state index contributed by atoms with van der Waals surface area (Å²) in [6.45, 7) is 0.362. The van der Waals surface area contributed by atoms with Crippen LogP contribution < -0.4 is 15.4 Å². The van der Waals surface area contributed by atoms with Gasteiger partial charge in [-0.15, -0.1) is 0 Å². The van der Waals surface area contributed by atoms with Crippen molar-refractivity contribution in [1.82, 2.24) is 20.4 Å². The number of alkyl halides is 2. The normalized spacial score (nSPS) is 11.7. The monoisotopic (exact) mass is 371 g/mol. The van der Waals surface area contributed by atoms with Gasteiger partial charge in [-0.3, -0.25) is 4.68 Å². The Labute approximate surface area is 149 Å². The molecule has 1 aromatic heterocycles. The highest BCUT2D eigenvalue weighted by Crippen LogP contribution is 2.25. The molecule has 0 atom stereocenters. The molecule has 136 valence electrons. The maximum atomic E-state index is 12.5. The summed E-state index contributed by atoms with van der Waals surface area (Å²) in [4.78, 5) is 4.40. The number of nitrogens with zero attached hydrogens (tertiary/aromatic N) is 3. The van der Waals surface area contributed by atoms with Crippen LogP contribution in [-0.2, 0) is 20.1 Å². The largest absolute Gasteiger partial charge is 0.434 e. The van der Waals surface area contributed by atoms with Crippen molar-refractivity contribution < 1.29 is 13.5 Å². The molecule has 2 aromatic rings. The predicted octanol–water partition coefficient (Wildman–Crippen LogP) is 2.93. The van der Waals surface area contributed by atoms with Gasteiger partial charge in [-0.2, -0.15) is 13.9 Å². The number of ether oxygens (including phenoxy) is 1. The highest BCUT2D eigenvalue weighted by molar-refractivity contribution is 6.30. The third-order valence-electron chi connectivity index (χ3n) is 3.35. The highest BCUT2D eigenvalue weighted by Gasteiger charge is 2.10. The molecule has 0 radical (unpaired) electrons. The van der Waals surface area contributed by atoms with Crippen LogP contribution in [0, 0.1) is 0 Å². The highest BCUT2D eigenvalue weighted by atomic mass is 35.5. The lowest BCUT2D eigenvalue weighted by molar-refractivity contribution is -0.0504. The fraction of sp³-hybridized carbons (Fsp3) is 0.375. The average Bonchev–Trinajstić information content (AvgIpc) is 2.97. The molecule has 2 rings (SSSR count). The summed E-state index contributed by atoms with van der Waals surface area (Å²) in [6.07, 6.45) is 1.71. The van der Waals surface area contributed by atoms with E-state index in [4.69, 9.17) is 11.6 Å². The first-order valence-corrected chi connectivity index (χ1v) is 8.09. The van der Waals surface area contributed by atoms with E-state index in [1.54, 1.807) is 16.9 Å². The first kappa shape index (κ1) is 19.0. The molecule has 25 heavy (non-hydrogen) atoms. The van der Waals surface area contributed by atoms with Crippen molar-refractivity contribution in [1.29, 1.82) is 0 Å². The summed E-state index contributed by atoms with van der Waals surface area (Å²) in [7, 11) is 1.85. The van der Waals surface area contributed by atoms with Crippen LogP contribution in [0.4, 0.5) is 8.78 Å². The minimum atomic E-state index is -2.90. The Balaban J connectivity index is 2.09. The Kier molecular flexibility index (Phi) is 7.00. The van der Waals surface area contributed by atoms with Gasteiger partial charge in [-0.1, -0.05) is 11.6 Å². The fourth-order valence-corrected chi connectivity index (χ4v) is 2.33. The van der Waals surface area contributed by atoms with Gasteiger partial charge in [0, 0.05) is 30.4 Å². The molecule has 0 aliphatic carbocycles. The molecule has 0 fully saturated rings. The van der Waals surface area contributed by atoms with Crippen molar-refractivity contribution in [3.8, 4) is 5.75 Å². The van der Waals surface area contributed by atoms with Crippen molar-refractivity contribution in [2.45, 2.75) is 26.6 Å². The number of guanidine groups is 1. The standard InChI is InChI=1S/C16H20ClF2N5O/c1-3-20-16(22-10-13-6-7-23-24(13)2)21-9-11-8-12(17)4-5-14(11)25-15(18)19/h4-8,15H,3,9-10H2,1-2H3,(H2,20,21,22). The van der Waals surface area contributed by atoms with E-state index in [2.05, 4.69) is 25.5 Å². The van der Waals surface area contributed by atoms with Gasteiger partial charge in [-0.05, 0) is 31.2 Å². The van der Waals surface area contributed by atoms with Crippen LogP contribution in [0.15, 0.2) is 35.5 Å². The molecular formula is C16H20ClF2N5O. The maximum Gasteiger partial charge on any atom is 0.387 e. The Morgan fingerprint density at radius 3 is 2.80 bits per heavy atom. The third kappa shape index (κ3) is 5.90. The molecule has 9 heteroatoms. The van der Waals surface area contributed by atoms with E-state index >= 15 is 0 Å². The number of nitrogens with one attached hydrogen (secondary N) is 2. The van der Waals surface area contributed by atoms with Gasteiger partial charge in [-0.25, -0.2) is 4.99 Å². The molecular weight excluding hydrogens is 352 g/mol. The first-order valence-electron chi connectivity index (χ1n) is 7.72. The van der Waals surface area contributed by atoms with Crippen molar-refractivity contribution in [2.75, 3.05) is 6.54 Å². The number of halogens is 3. The molecule has 1 aromatic carbocycles. The minimum Gasteiger partial charge on any atom is -0.434 e. The Morgan fingerprint density at radius 1 is 1.36 bits per heavy atom. The number of rotatable bonds is 7. The van der Waals surface area contributed by atoms with Crippen molar-refractivity contribution in [3.63, 3.8) is 0 Å². The van der Waals surface area contributed by atoms with E-state index in [0.717, 1.165) is 5.69 Å². The predicted molar refractivity (Wildman–Crippen MR) is 92.9 cm³/mol. The van der Waals surface area contributed by atoms with Crippen LogP contribution in [-0.4, -0.2) is 28.9 Å². The Morgan fingerprint density at radius 2 is 2.16 bits per heavy atom. The van der Waals surface area contributed by atoms with Crippen molar-refractivity contribution >= 4 is 17.6 Å². The first-order chi connectivity index (χ1) is 12.0. The van der Waals surface area contributed by atoms with Crippen LogP contribution >= 0.6 is 11.6 Å². The fourth-order valence-electron chi connectivity index (χ4n) is 2.14. The lowest BCUT2D eigenvalue weighted by Crippen LogP contribution is -2.37. The molecule has 0 spiro atoms. The summed E-state index contributed by atoms with van der Waals surface area (Å²) in [5.41, 5.74) is 1.46. The zero-order valence-electron chi connectivity index (χ0n) is 14.0. The topological polar surface area (TPSA) is 63.5 Å². The summed E-state index contributed by atoms with van der Waals surface area (Å²) in [5, 5.41) is 10.8. The number of benzene rings is 1. The second-order valence-electron chi connectivity index (χ2n) is 5.13. The smallest absolute Gasteiger partial charge is 0.387 e. The van der Waals surface area contributed by atoms with E-state index in [-0.39, 0.29) is 12.3 Å². The van der Waals surface area contributed by atoms with Crippen LogP contribution in [0.3, 0.4) is 0 Å². The lowest BCUT2D eigenvalue weighted by atomic mass is 10.2. The van der Waals surface area contributed by atoms with Crippen LogP contribution in [0.1, 0.15) is 18.2 Å². The van der Waals surface area contributed by atoms with E-state index in [1.165, 1.54) is 12.1 Å². The molecule has 0 bridgehead atoms. The number of aromatic nitrogens is 2. The average molecular weight is 372 g/mol. The maximum absolute atomic E-state index is 12.5. The lowest BCUT2D eigenvalue weighted by Gasteiger charge is -2.13. The molecule has 0 aliphatic rings. The molecule has 0 saturated heterocycles. The van der Waals surface area contributed by atoms with E-state index in [9.17, 15) is 8.78 Å². The van der Waals surface area contributed by atoms with E-state index in [0.29, 0.717) is 29.6 Å². The number of hydrogen-bond acceptors (Lipinski definition) is 3. The third-order valence-corrected chi connectivity index (χ3v) is 3.58. The van der Waals surface area contributed by atoms with Gasteiger partial charge >= 0.3 is 6.61 Å². The number of aliphatic imine (C=N–C) groups is 1. The Hall–Kier alpha value is -2.35. The molecule has 0 unspecified atom stereocenters. The van der Waals surface area contributed by atoms with Gasteiger partial charge in [0.2, 0.25) is 0 Å². The summed E-state index contributed by atoms with van der Waals surface area (Å²) in [5.74, 6) is 0.609. The minimum absolute atomic E-state index is 0.0608. The summed E-state index contributed by atoms with van der Waals surface area (Å²) in [6, 6.07) is 6.36. The number of hydrogen-bond donors (Lipinski definition) is 2. The molecule has 1 heterocycles. The van der Waals surface area contributed by atoms with Gasteiger partial charge in [0.1, 0.15) is 5.75 Å². The van der Waals surface area contributed by atoms with Crippen LogP contribution in [0.2, 0.25) is 5.02 Å². The molecule has 0 saturated carbocycles. The zero-order chi connectivity index (χ0) is 18.2. The molecule has 2 N–H and O–H groups in total. The second-order valence-corrected chi connectivity index (χ2v) is 5.56. The SMILES string of the molecule is CCNC(=NCc1cc(Cl)ccc1OC(F)F)NCc1ccnn1C. The quantitative estimate of drug-likeness (QED) is 0.580. The van der Waals surface area contributed by atoms with Crippen LogP contribution in [0.5, 0.6) is 5.75 Å². The summed E-state index contributed by atoms with van der Waals surface area (Å²) >= 11 is 5.94. The van der Waals surface area contributed by atoms with Crippen LogP contribution in [0.25, 0.3) is 0 Å². The van der Waals surface area contributed by atoms with Gasteiger partial charge in [0.05, 0.1) is 18.8 Å². The Bertz CT molecular complexity index is 720. The van der Waals surface area contributed by atoms with Crippen molar-refractivity contribution in [2.24, 2.45) is 12.0 Å². The number of aryl methyl sites for hydroxylation is 1. The molecule has 0 aliphatic heterocycles. The molecule has 6 nitrogen and oxygen atoms in total. The van der Waals surface area contributed by atoms with Gasteiger partial charge in [0.25, 0.3) is 0 Å². The zero-order valence-corrected chi connectivity index (χ0v) is 14.7. The van der Waals surface area contributed by atoms with Gasteiger partial charge < -0.3 is 15.4 Å². The van der Waals surface area contributed by atoms with E-state index < -0.39 is 6.61 Å². The summed E-state index contributed by atoms with van der Waals surface area (Å²) < 4.78 is 31.3. The van der Waals surface area contributed by atoms with Gasteiger partial charge in [0.15, 0.2) is 5.96 Å². The second kappa shape index (κ2) is 9.22.